The highest BCUT2D eigenvalue weighted by Gasteiger charge is 2.40. The maximum atomic E-state index is 13.1. The van der Waals surface area contributed by atoms with Crippen LogP contribution >= 0.6 is 0 Å². The van der Waals surface area contributed by atoms with Crippen LogP contribution in [0.4, 0.5) is 0 Å². The number of esters is 2. The number of nitrogens with zero attached hydrogens (tertiary/aromatic N) is 1. The summed E-state index contributed by atoms with van der Waals surface area (Å²) in [6, 6.07) is 7.88. The minimum Gasteiger partial charge on any atom is -0.461 e. The molecule has 2 saturated heterocycles. The van der Waals surface area contributed by atoms with Crippen LogP contribution in [0.1, 0.15) is 83.6 Å². The Morgan fingerprint density at radius 1 is 1.15 bits per heavy atom. The van der Waals surface area contributed by atoms with Gasteiger partial charge in [0.15, 0.2) is 0 Å². The molecular weight excluding hydrogens is 432 g/mol. The molecule has 3 rings (SSSR count). The number of unbranched alkanes of at least 4 members (excludes halogenated alkanes) is 5. The molecule has 34 heavy (non-hydrogen) atoms. The number of cyclic esters (lactones) is 1. The first kappa shape index (κ1) is 26.2. The normalized spacial score (nSPS) is 23.1. The monoisotopic (exact) mass is 472 g/mol. The highest BCUT2D eigenvalue weighted by atomic mass is 16.6. The van der Waals surface area contributed by atoms with E-state index in [-0.39, 0.29) is 30.6 Å². The summed E-state index contributed by atoms with van der Waals surface area (Å²) in [5, 5.41) is 3.15. The molecule has 7 heteroatoms. The van der Waals surface area contributed by atoms with Gasteiger partial charge < -0.3 is 14.4 Å². The maximum absolute atomic E-state index is 13.1. The average molecular weight is 473 g/mol. The highest BCUT2D eigenvalue weighted by molar-refractivity contribution is 5.88. The molecule has 188 valence electrons. The predicted molar refractivity (Wildman–Crippen MR) is 130 cm³/mol. The molecule has 1 aromatic rings. The Bertz CT molecular complexity index is 799. The van der Waals surface area contributed by atoms with Gasteiger partial charge in [0, 0.05) is 13.0 Å². The van der Waals surface area contributed by atoms with Gasteiger partial charge in [0.25, 0.3) is 0 Å². The third kappa shape index (κ3) is 7.55. The third-order valence-corrected chi connectivity index (χ3v) is 6.80. The first-order valence-corrected chi connectivity index (χ1v) is 13.0. The van der Waals surface area contributed by atoms with Crippen molar-refractivity contribution in [3.8, 4) is 0 Å². The minimum atomic E-state index is -0.576. The topological polar surface area (TPSA) is 84.9 Å². The van der Waals surface area contributed by atoms with Gasteiger partial charge in [0.2, 0.25) is 5.91 Å². The van der Waals surface area contributed by atoms with E-state index in [0.29, 0.717) is 19.4 Å². The molecule has 4 atom stereocenters. The van der Waals surface area contributed by atoms with Crippen molar-refractivity contribution in [2.45, 2.75) is 109 Å². The first-order chi connectivity index (χ1) is 16.5. The second-order valence-corrected chi connectivity index (χ2v) is 9.57. The van der Waals surface area contributed by atoms with Crippen molar-refractivity contribution < 1.29 is 23.9 Å². The standard InChI is InChI=1S/C27H40N2O5/c1-3-4-5-6-7-11-15-22-18-23(26(31)34-22)28-20(2)25(30)29-17-12-16-24(29)27(32)33-19-21-13-9-8-10-14-21/h8-10,13-14,20,22-24,28H,3-7,11-12,15-19H2,1-2H3/t20-,22?,23?,24-/m0/s1. The molecule has 1 N–H and O–H groups in total. The number of nitrogens with one attached hydrogen (secondary N) is 1. The average Bonchev–Trinajstić information content (AvgIpc) is 3.47. The van der Waals surface area contributed by atoms with Crippen LogP contribution in [-0.4, -0.2) is 53.5 Å². The van der Waals surface area contributed by atoms with Crippen molar-refractivity contribution in [3.05, 3.63) is 35.9 Å². The largest absolute Gasteiger partial charge is 0.461 e. The van der Waals surface area contributed by atoms with Crippen molar-refractivity contribution in [2.24, 2.45) is 0 Å². The van der Waals surface area contributed by atoms with Gasteiger partial charge in [0.05, 0.1) is 6.04 Å². The van der Waals surface area contributed by atoms with Crippen LogP contribution in [0.15, 0.2) is 30.3 Å². The predicted octanol–water partition coefficient (Wildman–Crippen LogP) is 4.13. The van der Waals surface area contributed by atoms with Gasteiger partial charge in [-0.05, 0) is 38.2 Å². The first-order valence-electron chi connectivity index (χ1n) is 13.0. The Kier molecular flexibility index (Phi) is 10.4. The maximum Gasteiger partial charge on any atom is 0.329 e. The minimum absolute atomic E-state index is 0.0778. The highest BCUT2D eigenvalue weighted by Crippen LogP contribution is 2.23. The fourth-order valence-electron chi connectivity index (χ4n) is 4.84. The van der Waals surface area contributed by atoms with E-state index < -0.39 is 18.1 Å². The van der Waals surface area contributed by atoms with Gasteiger partial charge in [-0.25, -0.2) is 4.79 Å². The van der Waals surface area contributed by atoms with Crippen LogP contribution in [-0.2, 0) is 30.5 Å². The Morgan fingerprint density at radius 3 is 2.65 bits per heavy atom. The fourth-order valence-corrected chi connectivity index (χ4v) is 4.84. The SMILES string of the molecule is CCCCCCCCC1CC(N[C@@H](C)C(=O)N2CCC[C@H]2C(=O)OCc2ccccc2)C(=O)O1. The molecule has 2 heterocycles. The third-order valence-electron chi connectivity index (χ3n) is 6.80. The van der Waals surface area contributed by atoms with E-state index in [9.17, 15) is 14.4 Å². The molecule has 2 aliphatic heterocycles. The van der Waals surface area contributed by atoms with Crippen LogP contribution < -0.4 is 5.32 Å². The zero-order chi connectivity index (χ0) is 24.3. The van der Waals surface area contributed by atoms with Crippen molar-refractivity contribution in [2.75, 3.05) is 6.54 Å². The van der Waals surface area contributed by atoms with Crippen LogP contribution in [0.3, 0.4) is 0 Å². The molecule has 0 spiro atoms. The fraction of sp³-hybridized carbons (Fsp3) is 0.667. The molecule has 0 saturated carbocycles. The van der Waals surface area contributed by atoms with Crippen molar-refractivity contribution in [3.63, 3.8) is 0 Å². The number of likely N-dealkylation sites (tertiary alicyclic amines) is 1. The quantitative estimate of drug-likeness (QED) is 0.343. The summed E-state index contributed by atoms with van der Waals surface area (Å²) >= 11 is 0. The van der Waals surface area contributed by atoms with E-state index in [1.165, 1.54) is 25.7 Å². The van der Waals surface area contributed by atoms with Crippen LogP contribution in [0.25, 0.3) is 0 Å². The zero-order valence-corrected chi connectivity index (χ0v) is 20.7. The number of benzene rings is 1. The molecular formula is C27H40N2O5. The lowest BCUT2D eigenvalue weighted by Crippen LogP contribution is -2.52. The number of hydrogen-bond donors (Lipinski definition) is 1. The second-order valence-electron chi connectivity index (χ2n) is 9.57. The summed E-state index contributed by atoms with van der Waals surface area (Å²) in [4.78, 5) is 39.7. The van der Waals surface area contributed by atoms with E-state index in [4.69, 9.17) is 9.47 Å². The molecule has 2 aliphatic rings. The molecule has 2 unspecified atom stereocenters. The van der Waals surface area contributed by atoms with Gasteiger partial charge in [-0.2, -0.15) is 0 Å². The molecule has 0 bridgehead atoms. The van der Waals surface area contributed by atoms with Crippen LogP contribution in [0, 0.1) is 0 Å². The molecule has 2 fully saturated rings. The number of amides is 1. The molecule has 0 radical (unpaired) electrons. The van der Waals surface area contributed by atoms with E-state index in [2.05, 4.69) is 12.2 Å². The number of carbonyl (C=O) groups excluding carboxylic acids is 3. The number of ether oxygens (including phenoxy) is 2. The van der Waals surface area contributed by atoms with Crippen molar-refractivity contribution in [1.29, 1.82) is 0 Å². The Hall–Kier alpha value is -2.41. The summed E-state index contributed by atoms with van der Waals surface area (Å²) < 4.78 is 11.0. The van der Waals surface area contributed by atoms with E-state index >= 15 is 0 Å². The molecule has 0 aliphatic carbocycles. The number of hydrogen-bond acceptors (Lipinski definition) is 6. The van der Waals surface area contributed by atoms with Gasteiger partial charge in [-0.1, -0.05) is 69.4 Å². The lowest BCUT2D eigenvalue weighted by Gasteiger charge is -2.27. The lowest BCUT2D eigenvalue weighted by molar-refractivity contribution is -0.155. The Balaban J connectivity index is 1.43. The summed E-state index contributed by atoms with van der Waals surface area (Å²) in [6.07, 6.45) is 9.97. The Morgan fingerprint density at radius 2 is 1.88 bits per heavy atom. The smallest absolute Gasteiger partial charge is 0.329 e. The molecule has 1 aromatic carbocycles. The zero-order valence-electron chi connectivity index (χ0n) is 20.7. The van der Waals surface area contributed by atoms with E-state index in [1.807, 2.05) is 30.3 Å². The second kappa shape index (κ2) is 13.5. The van der Waals surface area contributed by atoms with Gasteiger partial charge in [-0.15, -0.1) is 0 Å². The van der Waals surface area contributed by atoms with Gasteiger partial charge in [-0.3, -0.25) is 14.9 Å². The van der Waals surface area contributed by atoms with E-state index in [1.54, 1.807) is 11.8 Å². The molecule has 1 amide bonds. The summed E-state index contributed by atoms with van der Waals surface area (Å²) in [7, 11) is 0. The molecule has 7 nitrogen and oxygen atoms in total. The number of rotatable bonds is 13. The van der Waals surface area contributed by atoms with Crippen molar-refractivity contribution in [1.82, 2.24) is 10.2 Å². The summed E-state index contributed by atoms with van der Waals surface area (Å²) in [5.74, 6) is -0.830. The summed E-state index contributed by atoms with van der Waals surface area (Å²) in [5.41, 5.74) is 0.914. The van der Waals surface area contributed by atoms with Crippen LogP contribution in [0.5, 0.6) is 0 Å². The number of carbonyl (C=O) groups is 3. The van der Waals surface area contributed by atoms with Crippen molar-refractivity contribution >= 4 is 17.8 Å². The van der Waals surface area contributed by atoms with E-state index in [0.717, 1.165) is 31.2 Å². The van der Waals surface area contributed by atoms with Gasteiger partial charge >= 0.3 is 11.9 Å². The molecule has 0 aromatic heterocycles. The lowest BCUT2D eigenvalue weighted by atomic mass is 10.0. The van der Waals surface area contributed by atoms with Crippen LogP contribution in [0.2, 0.25) is 0 Å². The Labute approximate surface area is 203 Å². The van der Waals surface area contributed by atoms with Gasteiger partial charge in [0.1, 0.15) is 24.8 Å². The summed E-state index contributed by atoms with van der Waals surface area (Å²) in [6.45, 7) is 4.67.